The Kier molecular flexibility index (Phi) is 3.44. The van der Waals surface area contributed by atoms with E-state index >= 15 is 0 Å². The van der Waals surface area contributed by atoms with Gasteiger partial charge in [-0.3, -0.25) is 4.98 Å². The van der Waals surface area contributed by atoms with Crippen LogP contribution in [0.2, 0.25) is 5.22 Å². The maximum absolute atomic E-state index is 9.70. The highest BCUT2D eigenvalue weighted by atomic mass is 35.5. The Labute approximate surface area is 97.4 Å². The second-order valence-electron chi connectivity index (χ2n) is 3.16. The zero-order valence-corrected chi connectivity index (χ0v) is 9.09. The Morgan fingerprint density at radius 1 is 1.44 bits per heavy atom. The fourth-order valence-electron chi connectivity index (χ4n) is 1.20. The summed E-state index contributed by atoms with van der Waals surface area (Å²) in [6.45, 7) is 0.0928. The maximum atomic E-state index is 9.70. The van der Waals surface area contributed by atoms with Gasteiger partial charge in [0.1, 0.15) is 24.2 Å². The number of rotatable bonds is 4. The molecule has 2 heterocycles. The molecule has 1 unspecified atom stereocenters. The topological polar surface area (TPSA) is 55.5 Å². The summed E-state index contributed by atoms with van der Waals surface area (Å²) in [5.74, 6) is 0.980. The monoisotopic (exact) mass is 239 g/mol. The normalized spacial score (nSPS) is 12.4. The third-order valence-corrected chi connectivity index (χ3v) is 2.17. The van der Waals surface area contributed by atoms with Gasteiger partial charge < -0.3 is 14.3 Å². The number of aromatic nitrogens is 1. The van der Waals surface area contributed by atoms with Gasteiger partial charge in [0.15, 0.2) is 5.22 Å². The van der Waals surface area contributed by atoms with Gasteiger partial charge in [0.05, 0.1) is 6.20 Å². The fraction of sp³-hybridized carbons (Fsp3) is 0.182. The van der Waals surface area contributed by atoms with Crippen molar-refractivity contribution in [3.63, 3.8) is 0 Å². The van der Waals surface area contributed by atoms with E-state index in [2.05, 4.69) is 4.98 Å². The van der Waals surface area contributed by atoms with Crippen molar-refractivity contribution in [3.05, 3.63) is 47.6 Å². The first-order valence-electron chi connectivity index (χ1n) is 4.72. The van der Waals surface area contributed by atoms with Crippen molar-refractivity contribution < 1.29 is 14.3 Å². The van der Waals surface area contributed by atoms with Gasteiger partial charge in [-0.15, -0.1) is 0 Å². The lowest BCUT2D eigenvalue weighted by atomic mass is 10.3. The number of halogens is 1. The van der Waals surface area contributed by atoms with Crippen LogP contribution in [0.1, 0.15) is 11.9 Å². The molecule has 0 spiro atoms. The van der Waals surface area contributed by atoms with E-state index in [1.807, 2.05) is 0 Å². The van der Waals surface area contributed by atoms with Gasteiger partial charge in [-0.2, -0.15) is 0 Å². The zero-order valence-electron chi connectivity index (χ0n) is 8.34. The average Bonchev–Trinajstić information content (AvgIpc) is 2.74. The average molecular weight is 240 g/mol. The number of hydrogen-bond donors (Lipinski definition) is 1. The van der Waals surface area contributed by atoms with Crippen LogP contribution >= 0.6 is 11.6 Å². The third kappa shape index (κ3) is 2.74. The largest absolute Gasteiger partial charge is 0.489 e. The van der Waals surface area contributed by atoms with Crippen LogP contribution in [-0.2, 0) is 0 Å². The van der Waals surface area contributed by atoms with Crippen molar-refractivity contribution in [1.82, 2.24) is 4.98 Å². The summed E-state index contributed by atoms with van der Waals surface area (Å²) in [5.41, 5.74) is 0. The number of aliphatic hydroxyl groups is 1. The van der Waals surface area contributed by atoms with Crippen molar-refractivity contribution in [2.75, 3.05) is 6.61 Å². The summed E-state index contributed by atoms with van der Waals surface area (Å²) in [7, 11) is 0. The van der Waals surface area contributed by atoms with Crippen molar-refractivity contribution in [3.8, 4) is 5.75 Å². The minimum absolute atomic E-state index is 0.0928. The highest BCUT2D eigenvalue weighted by Gasteiger charge is 2.12. The second kappa shape index (κ2) is 5.01. The molecule has 1 N–H and O–H groups in total. The van der Waals surface area contributed by atoms with Gasteiger partial charge >= 0.3 is 0 Å². The van der Waals surface area contributed by atoms with Crippen LogP contribution in [0.5, 0.6) is 5.75 Å². The Morgan fingerprint density at radius 3 is 2.94 bits per heavy atom. The molecule has 0 amide bonds. The molecule has 2 rings (SSSR count). The first kappa shape index (κ1) is 11.0. The first-order chi connectivity index (χ1) is 7.75. The SMILES string of the molecule is OC(COc1cccnc1)c1ccc(Cl)o1. The quantitative estimate of drug-likeness (QED) is 0.890. The number of aliphatic hydroxyl groups excluding tert-OH is 1. The van der Waals surface area contributed by atoms with Crippen molar-refractivity contribution in [1.29, 1.82) is 0 Å². The molecule has 16 heavy (non-hydrogen) atoms. The number of pyridine rings is 1. The number of ether oxygens (including phenoxy) is 1. The van der Waals surface area contributed by atoms with Gasteiger partial charge in [-0.1, -0.05) is 0 Å². The van der Waals surface area contributed by atoms with E-state index < -0.39 is 6.10 Å². The molecule has 0 aliphatic rings. The molecular weight excluding hydrogens is 230 g/mol. The predicted octanol–water partition coefficient (Wildman–Crippen LogP) is 2.44. The molecule has 1 atom stereocenters. The summed E-state index contributed by atoms with van der Waals surface area (Å²) in [6.07, 6.45) is 2.38. The van der Waals surface area contributed by atoms with E-state index in [9.17, 15) is 5.11 Å². The first-order valence-corrected chi connectivity index (χ1v) is 5.09. The molecule has 0 aromatic carbocycles. The summed E-state index contributed by atoms with van der Waals surface area (Å²) < 4.78 is 10.4. The molecule has 0 fully saturated rings. The molecule has 5 heteroatoms. The molecule has 0 aliphatic heterocycles. The van der Waals surface area contributed by atoms with E-state index in [-0.39, 0.29) is 11.8 Å². The molecule has 2 aromatic heterocycles. The molecule has 2 aromatic rings. The molecule has 0 bridgehead atoms. The second-order valence-corrected chi connectivity index (χ2v) is 3.53. The summed E-state index contributed by atoms with van der Waals surface area (Å²) in [6, 6.07) is 6.70. The third-order valence-electron chi connectivity index (χ3n) is 1.96. The van der Waals surface area contributed by atoms with Crippen LogP contribution in [-0.4, -0.2) is 16.7 Å². The van der Waals surface area contributed by atoms with E-state index in [1.54, 1.807) is 36.7 Å². The maximum Gasteiger partial charge on any atom is 0.193 e. The summed E-state index contributed by atoms with van der Waals surface area (Å²) >= 11 is 5.59. The van der Waals surface area contributed by atoms with Gasteiger partial charge in [-0.25, -0.2) is 0 Å². The smallest absolute Gasteiger partial charge is 0.193 e. The molecule has 84 valence electrons. The van der Waals surface area contributed by atoms with Crippen LogP contribution in [0.4, 0.5) is 0 Å². The molecule has 0 radical (unpaired) electrons. The van der Waals surface area contributed by atoms with Gasteiger partial charge in [0, 0.05) is 6.20 Å². The van der Waals surface area contributed by atoms with Gasteiger partial charge in [0.2, 0.25) is 0 Å². The molecule has 4 nitrogen and oxygen atoms in total. The minimum atomic E-state index is -0.840. The standard InChI is InChI=1S/C11H10ClNO3/c12-11-4-3-10(16-11)9(14)7-15-8-2-1-5-13-6-8/h1-6,9,14H,7H2. The van der Waals surface area contributed by atoms with Crippen LogP contribution in [0.3, 0.4) is 0 Å². The van der Waals surface area contributed by atoms with E-state index in [4.69, 9.17) is 20.8 Å². The lowest BCUT2D eigenvalue weighted by Gasteiger charge is -2.09. The van der Waals surface area contributed by atoms with Crippen LogP contribution in [0, 0.1) is 0 Å². The number of nitrogens with zero attached hydrogens (tertiary/aromatic N) is 1. The lowest BCUT2D eigenvalue weighted by Crippen LogP contribution is -2.08. The highest BCUT2D eigenvalue weighted by molar-refractivity contribution is 6.28. The Morgan fingerprint density at radius 2 is 2.31 bits per heavy atom. The van der Waals surface area contributed by atoms with Gasteiger partial charge in [0.25, 0.3) is 0 Å². The van der Waals surface area contributed by atoms with Crippen molar-refractivity contribution >= 4 is 11.6 Å². The Balaban J connectivity index is 1.91. The van der Waals surface area contributed by atoms with E-state index in [1.165, 1.54) is 0 Å². The Bertz CT molecular complexity index is 444. The van der Waals surface area contributed by atoms with Crippen LogP contribution < -0.4 is 4.74 Å². The number of furan rings is 1. The van der Waals surface area contributed by atoms with Crippen LogP contribution in [0.15, 0.2) is 41.1 Å². The number of hydrogen-bond acceptors (Lipinski definition) is 4. The highest BCUT2D eigenvalue weighted by Crippen LogP contribution is 2.20. The molecule has 0 saturated carbocycles. The van der Waals surface area contributed by atoms with E-state index in [0.717, 1.165) is 0 Å². The lowest BCUT2D eigenvalue weighted by molar-refractivity contribution is 0.0887. The summed E-state index contributed by atoms with van der Waals surface area (Å²) in [4.78, 5) is 3.89. The summed E-state index contributed by atoms with van der Waals surface area (Å²) in [5, 5.41) is 9.94. The van der Waals surface area contributed by atoms with E-state index in [0.29, 0.717) is 11.5 Å². The molecular formula is C11H10ClNO3. The fourth-order valence-corrected chi connectivity index (χ4v) is 1.35. The van der Waals surface area contributed by atoms with Gasteiger partial charge in [-0.05, 0) is 35.9 Å². The molecule has 0 aliphatic carbocycles. The predicted molar refractivity (Wildman–Crippen MR) is 58.4 cm³/mol. The zero-order chi connectivity index (χ0) is 11.4. The van der Waals surface area contributed by atoms with Crippen molar-refractivity contribution in [2.24, 2.45) is 0 Å². The Hall–Kier alpha value is -1.52. The van der Waals surface area contributed by atoms with Crippen LogP contribution in [0.25, 0.3) is 0 Å². The minimum Gasteiger partial charge on any atom is -0.489 e. The molecule has 0 saturated heterocycles. The van der Waals surface area contributed by atoms with Crippen molar-refractivity contribution in [2.45, 2.75) is 6.10 Å².